The summed E-state index contributed by atoms with van der Waals surface area (Å²) in [5.41, 5.74) is 5.61. The summed E-state index contributed by atoms with van der Waals surface area (Å²) in [7, 11) is 0. The van der Waals surface area contributed by atoms with E-state index in [1.807, 2.05) is 6.92 Å². The van der Waals surface area contributed by atoms with Crippen molar-refractivity contribution in [2.24, 2.45) is 0 Å². The number of nitrogen functional groups attached to an aromatic ring is 1. The molecule has 0 bridgehead atoms. The fraction of sp³-hybridized carbons (Fsp3) is 0.353. The van der Waals surface area contributed by atoms with E-state index in [1.54, 1.807) is 6.92 Å². The molecule has 1 aliphatic rings. The molecule has 1 aromatic carbocycles. The number of carbonyl (C=O) groups excluding carboxylic acids is 1. The van der Waals surface area contributed by atoms with Gasteiger partial charge in [0.15, 0.2) is 5.82 Å². The Kier molecular flexibility index (Phi) is 4.51. The molecule has 8 heteroatoms. The van der Waals surface area contributed by atoms with E-state index < -0.39 is 23.4 Å². The number of benzene rings is 1. The number of nitrogens with two attached hydrogens (primary N) is 1. The van der Waals surface area contributed by atoms with Crippen molar-refractivity contribution in [2.75, 3.05) is 12.3 Å². The summed E-state index contributed by atoms with van der Waals surface area (Å²) in [6, 6.07) is 3.24. The van der Waals surface area contributed by atoms with E-state index in [1.165, 1.54) is 22.8 Å². The molecule has 0 fully saturated rings. The number of rotatable bonds is 3. The smallest absolute Gasteiger partial charge is 0.329 e. The Morgan fingerprint density at radius 2 is 2.24 bits per heavy atom. The van der Waals surface area contributed by atoms with Crippen molar-refractivity contribution < 1.29 is 13.9 Å². The number of nitrogens with zero attached hydrogens (tertiary/aromatic N) is 2. The van der Waals surface area contributed by atoms with Crippen LogP contribution in [-0.4, -0.2) is 22.1 Å². The second kappa shape index (κ2) is 6.48. The molecule has 0 radical (unpaired) electrons. The molecule has 0 aliphatic carbocycles. The molecule has 0 spiro atoms. The molecular weight excluding hydrogens is 349 g/mol. The first-order valence-corrected chi connectivity index (χ1v) is 8.26. The molecule has 0 saturated carbocycles. The summed E-state index contributed by atoms with van der Waals surface area (Å²) in [5, 5.41) is -0.107. The van der Waals surface area contributed by atoms with Gasteiger partial charge in [-0.25, -0.2) is 14.2 Å². The van der Waals surface area contributed by atoms with Crippen LogP contribution in [-0.2, 0) is 9.53 Å². The summed E-state index contributed by atoms with van der Waals surface area (Å²) in [6.07, 6.45) is 0.401. The number of hydrogen-bond donors (Lipinski definition) is 1. The van der Waals surface area contributed by atoms with Crippen molar-refractivity contribution in [3.05, 3.63) is 45.2 Å². The van der Waals surface area contributed by atoms with Crippen LogP contribution in [0.15, 0.2) is 23.0 Å². The first kappa shape index (κ1) is 17.4. The van der Waals surface area contributed by atoms with Crippen molar-refractivity contribution >= 4 is 23.3 Å². The standard InChI is InChI=1S/C17H17ClFN3O3/c1-3-25-17(24)12-6-8(2)16-21-11(7-13(23)22(12)16)14-10(20)5-4-9(18)15(14)19/h4-5,7-8,12H,3,6,20H2,1-2H3. The van der Waals surface area contributed by atoms with Crippen molar-refractivity contribution in [3.8, 4) is 11.3 Å². The Morgan fingerprint density at radius 3 is 2.92 bits per heavy atom. The lowest BCUT2D eigenvalue weighted by Crippen LogP contribution is -2.29. The van der Waals surface area contributed by atoms with Crippen LogP contribution in [0.2, 0.25) is 5.02 Å². The van der Waals surface area contributed by atoms with Crippen LogP contribution < -0.4 is 11.3 Å². The van der Waals surface area contributed by atoms with Crippen LogP contribution in [0.3, 0.4) is 0 Å². The van der Waals surface area contributed by atoms with E-state index in [9.17, 15) is 14.0 Å². The number of fused-ring (bicyclic) bond motifs is 1. The number of carbonyl (C=O) groups is 1. The van der Waals surface area contributed by atoms with Gasteiger partial charge < -0.3 is 10.5 Å². The van der Waals surface area contributed by atoms with Crippen LogP contribution >= 0.6 is 11.6 Å². The number of ether oxygens (including phenoxy) is 1. The number of hydrogen-bond acceptors (Lipinski definition) is 5. The minimum Gasteiger partial charge on any atom is -0.464 e. The normalized spacial score (nSPS) is 18.9. The fourth-order valence-corrected chi connectivity index (χ4v) is 3.27. The van der Waals surface area contributed by atoms with Crippen LogP contribution in [0.5, 0.6) is 0 Å². The van der Waals surface area contributed by atoms with Crippen LogP contribution in [0.4, 0.5) is 10.1 Å². The lowest BCUT2D eigenvalue weighted by atomic mass is 10.1. The Labute approximate surface area is 148 Å². The van der Waals surface area contributed by atoms with Crippen molar-refractivity contribution in [1.82, 2.24) is 9.55 Å². The molecule has 2 heterocycles. The van der Waals surface area contributed by atoms with E-state index in [0.29, 0.717) is 12.2 Å². The van der Waals surface area contributed by atoms with Gasteiger partial charge in [-0.3, -0.25) is 9.36 Å². The van der Waals surface area contributed by atoms with Gasteiger partial charge in [-0.2, -0.15) is 0 Å². The highest BCUT2D eigenvalue weighted by Gasteiger charge is 2.36. The number of aromatic nitrogens is 2. The molecule has 2 unspecified atom stereocenters. The molecular formula is C17H17ClFN3O3. The molecule has 6 nitrogen and oxygen atoms in total. The summed E-state index contributed by atoms with van der Waals surface area (Å²) in [5.74, 6) is -0.964. The highest BCUT2D eigenvalue weighted by Crippen LogP contribution is 2.37. The minimum absolute atomic E-state index is 0.0141. The van der Waals surface area contributed by atoms with Gasteiger partial charge >= 0.3 is 5.97 Å². The van der Waals surface area contributed by atoms with Gasteiger partial charge in [0.25, 0.3) is 5.56 Å². The fourth-order valence-electron chi connectivity index (χ4n) is 3.11. The largest absolute Gasteiger partial charge is 0.464 e. The van der Waals surface area contributed by atoms with Gasteiger partial charge in [-0.15, -0.1) is 0 Å². The Balaban J connectivity index is 2.16. The van der Waals surface area contributed by atoms with Gasteiger partial charge in [0, 0.05) is 17.7 Å². The van der Waals surface area contributed by atoms with Crippen LogP contribution in [0.25, 0.3) is 11.3 Å². The number of halogens is 2. The molecule has 2 atom stereocenters. The molecule has 1 aromatic heterocycles. The Hall–Kier alpha value is -2.41. The summed E-state index contributed by atoms with van der Waals surface area (Å²) in [4.78, 5) is 29.1. The minimum atomic E-state index is -0.730. The lowest BCUT2D eigenvalue weighted by Gasteiger charge is -2.14. The third-order valence-electron chi connectivity index (χ3n) is 4.25. The molecule has 2 aromatic rings. The molecule has 25 heavy (non-hydrogen) atoms. The Morgan fingerprint density at radius 1 is 1.52 bits per heavy atom. The van der Waals surface area contributed by atoms with Crippen LogP contribution in [0.1, 0.15) is 38.1 Å². The Bertz CT molecular complexity index is 913. The second-order valence-corrected chi connectivity index (χ2v) is 6.35. The third-order valence-corrected chi connectivity index (χ3v) is 4.54. The molecule has 0 amide bonds. The van der Waals surface area contributed by atoms with E-state index >= 15 is 0 Å². The second-order valence-electron chi connectivity index (χ2n) is 5.94. The maximum Gasteiger partial charge on any atom is 0.329 e. The topological polar surface area (TPSA) is 87.2 Å². The SMILES string of the molecule is CCOC(=O)C1CC(C)c2nc(-c3c(N)ccc(Cl)c3F)cc(=O)n21. The van der Waals surface area contributed by atoms with Gasteiger partial charge in [-0.1, -0.05) is 18.5 Å². The summed E-state index contributed by atoms with van der Waals surface area (Å²) in [6.45, 7) is 3.77. The maximum absolute atomic E-state index is 14.4. The summed E-state index contributed by atoms with van der Waals surface area (Å²) >= 11 is 5.82. The third kappa shape index (κ3) is 2.89. The lowest BCUT2D eigenvalue weighted by molar-refractivity contribution is -0.147. The molecule has 3 rings (SSSR count). The van der Waals surface area contributed by atoms with Gasteiger partial charge in [0.05, 0.1) is 22.9 Å². The van der Waals surface area contributed by atoms with Gasteiger partial charge in [-0.05, 0) is 25.5 Å². The first-order chi connectivity index (χ1) is 11.8. The van der Waals surface area contributed by atoms with Crippen molar-refractivity contribution in [2.45, 2.75) is 32.2 Å². The number of esters is 1. The van der Waals surface area contributed by atoms with E-state index in [2.05, 4.69) is 4.98 Å². The maximum atomic E-state index is 14.4. The van der Waals surface area contributed by atoms with E-state index in [-0.39, 0.29) is 34.5 Å². The van der Waals surface area contributed by atoms with E-state index in [0.717, 1.165) is 0 Å². The predicted molar refractivity (Wildman–Crippen MR) is 92.0 cm³/mol. The highest BCUT2D eigenvalue weighted by atomic mass is 35.5. The molecule has 0 saturated heterocycles. The van der Waals surface area contributed by atoms with Crippen LogP contribution in [0, 0.1) is 5.82 Å². The molecule has 132 valence electrons. The average Bonchev–Trinajstić information content (AvgIpc) is 2.89. The van der Waals surface area contributed by atoms with Gasteiger partial charge in [0.1, 0.15) is 11.9 Å². The van der Waals surface area contributed by atoms with Gasteiger partial charge in [0.2, 0.25) is 0 Å². The zero-order chi connectivity index (χ0) is 18.3. The molecule has 1 aliphatic heterocycles. The average molecular weight is 366 g/mol. The quantitative estimate of drug-likeness (QED) is 0.667. The van der Waals surface area contributed by atoms with Crippen molar-refractivity contribution in [3.63, 3.8) is 0 Å². The number of anilines is 1. The predicted octanol–water partition coefficient (Wildman–Crippen LogP) is 2.90. The monoisotopic (exact) mass is 365 g/mol. The molecule has 2 N–H and O–H groups in total. The zero-order valence-corrected chi connectivity index (χ0v) is 14.5. The highest BCUT2D eigenvalue weighted by molar-refractivity contribution is 6.31. The van der Waals surface area contributed by atoms with E-state index in [4.69, 9.17) is 22.1 Å². The van der Waals surface area contributed by atoms with Crippen molar-refractivity contribution in [1.29, 1.82) is 0 Å². The first-order valence-electron chi connectivity index (χ1n) is 7.89. The zero-order valence-electron chi connectivity index (χ0n) is 13.8. The summed E-state index contributed by atoms with van der Waals surface area (Å²) < 4.78 is 20.7.